The van der Waals surface area contributed by atoms with Crippen LogP contribution in [0.15, 0.2) is 54.6 Å². The van der Waals surface area contributed by atoms with Crippen LogP contribution in [0.2, 0.25) is 0 Å². The SMILES string of the molecule is COC(=O)[C@H](CCP(=O)(O)C(O)c1ccccc1C(F)(F)F)NC(=O)OCc1ccccc1. The number of nitrogens with one attached hydrogen (secondary N) is 1. The molecule has 12 heteroatoms. The summed E-state index contributed by atoms with van der Waals surface area (Å²) in [5.41, 5.74) is -1.34. The lowest BCUT2D eigenvalue weighted by Crippen LogP contribution is -2.42. The smallest absolute Gasteiger partial charge is 0.416 e. The van der Waals surface area contributed by atoms with Gasteiger partial charge in [-0.15, -0.1) is 0 Å². The van der Waals surface area contributed by atoms with Crippen molar-refractivity contribution in [2.45, 2.75) is 31.1 Å². The fourth-order valence-corrected chi connectivity index (χ4v) is 4.46. The average Bonchev–Trinajstić information content (AvgIpc) is 2.79. The van der Waals surface area contributed by atoms with Gasteiger partial charge in [0.15, 0.2) is 5.85 Å². The van der Waals surface area contributed by atoms with Gasteiger partial charge in [0, 0.05) is 11.7 Å². The Hall–Kier alpha value is -2.88. The second-order valence-corrected chi connectivity index (χ2v) is 9.46. The number of amides is 1. The summed E-state index contributed by atoms with van der Waals surface area (Å²) in [6.07, 6.45) is -7.13. The Morgan fingerprint density at radius 2 is 1.70 bits per heavy atom. The number of hydrogen-bond acceptors (Lipinski definition) is 6. The molecule has 2 rings (SSSR count). The van der Waals surface area contributed by atoms with E-state index in [4.69, 9.17) is 4.74 Å². The minimum Gasteiger partial charge on any atom is -0.467 e. The summed E-state index contributed by atoms with van der Waals surface area (Å²) in [6.45, 7) is -0.105. The number of benzene rings is 2. The minimum atomic E-state index is -4.85. The number of carbonyl (C=O) groups excluding carboxylic acids is 2. The van der Waals surface area contributed by atoms with Crippen molar-refractivity contribution in [2.75, 3.05) is 13.3 Å². The zero-order valence-electron chi connectivity index (χ0n) is 17.5. The third-order valence-electron chi connectivity index (χ3n) is 4.66. The first-order chi connectivity index (χ1) is 15.5. The molecule has 2 aromatic rings. The number of hydrogen-bond donors (Lipinski definition) is 3. The lowest BCUT2D eigenvalue weighted by atomic mass is 10.1. The van der Waals surface area contributed by atoms with Crippen molar-refractivity contribution in [3.8, 4) is 0 Å². The third-order valence-corrected chi connectivity index (χ3v) is 6.60. The van der Waals surface area contributed by atoms with Gasteiger partial charge >= 0.3 is 18.2 Å². The Bertz CT molecular complexity index is 1000. The van der Waals surface area contributed by atoms with Gasteiger partial charge in [-0.25, -0.2) is 9.59 Å². The summed E-state index contributed by atoms with van der Waals surface area (Å²) in [5, 5.41) is 12.4. The molecule has 2 unspecified atom stereocenters. The first-order valence-corrected chi connectivity index (χ1v) is 11.6. The maximum atomic E-state index is 13.2. The van der Waals surface area contributed by atoms with Crippen LogP contribution in [-0.4, -0.2) is 41.4 Å². The fraction of sp³-hybridized carbons (Fsp3) is 0.333. The van der Waals surface area contributed by atoms with Crippen molar-refractivity contribution in [3.05, 3.63) is 71.3 Å². The monoisotopic (exact) mass is 489 g/mol. The van der Waals surface area contributed by atoms with Gasteiger partial charge < -0.3 is 24.8 Å². The number of ether oxygens (including phenoxy) is 2. The van der Waals surface area contributed by atoms with E-state index in [1.165, 1.54) is 6.07 Å². The van der Waals surface area contributed by atoms with Gasteiger partial charge in [-0.05, 0) is 18.1 Å². The van der Waals surface area contributed by atoms with Crippen LogP contribution in [0.1, 0.15) is 29.0 Å². The largest absolute Gasteiger partial charge is 0.467 e. The molecule has 0 fully saturated rings. The number of aliphatic hydroxyl groups is 1. The molecule has 0 saturated heterocycles. The number of alkyl halides is 3. The first-order valence-electron chi connectivity index (χ1n) is 9.66. The van der Waals surface area contributed by atoms with Crippen molar-refractivity contribution in [2.24, 2.45) is 0 Å². The molecule has 0 heterocycles. The van der Waals surface area contributed by atoms with Crippen LogP contribution in [-0.2, 0) is 31.6 Å². The number of alkyl carbamates (subject to hydrolysis) is 1. The predicted octanol–water partition coefficient (Wildman–Crippen LogP) is 3.82. The second kappa shape index (κ2) is 11.3. The number of halogens is 3. The Labute approximate surface area is 187 Å². The topological polar surface area (TPSA) is 122 Å². The quantitative estimate of drug-likeness (QED) is 0.362. The molecule has 0 saturated carbocycles. The maximum absolute atomic E-state index is 13.2. The number of aliphatic hydroxyl groups excluding tert-OH is 1. The third kappa shape index (κ3) is 7.59. The molecule has 1 amide bonds. The zero-order valence-corrected chi connectivity index (χ0v) is 18.4. The van der Waals surface area contributed by atoms with Gasteiger partial charge in [-0.3, -0.25) is 4.57 Å². The van der Waals surface area contributed by atoms with Crippen molar-refractivity contribution >= 4 is 19.4 Å². The molecule has 0 radical (unpaired) electrons. The van der Waals surface area contributed by atoms with Crippen molar-refractivity contribution < 1.29 is 46.8 Å². The molecule has 0 bridgehead atoms. The van der Waals surface area contributed by atoms with Crippen LogP contribution in [0.3, 0.4) is 0 Å². The van der Waals surface area contributed by atoms with E-state index < -0.39 is 61.2 Å². The van der Waals surface area contributed by atoms with Crippen LogP contribution in [0.4, 0.5) is 18.0 Å². The van der Waals surface area contributed by atoms with Crippen LogP contribution in [0.5, 0.6) is 0 Å². The Balaban J connectivity index is 2.06. The van der Waals surface area contributed by atoms with E-state index in [2.05, 4.69) is 10.1 Å². The Morgan fingerprint density at radius 3 is 2.30 bits per heavy atom. The molecule has 0 aromatic heterocycles. The van der Waals surface area contributed by atoms with Gasteiger partial charge in [0.25, 0.3) is 0 Å². The van der Waals surface area contributed by atoms with Crippen molar-refractivity contribution in [1.29, 1.82) is 0 Å². The molecule has 2 aromatic carbocycles. The van der Waals surface area contributed by atoms with Crippen LogP contribution >= 0.6 is 7.37 Å². The summed E-state index contributed by atoms with van der Waals surface area (Å²) in [6, 6.07) is 11.1. The van der Waals surface area contributed by atoms with Gasteiger partial charge in [-0.2, -0.15) is 13.2 Å². The normalized spacial score (nSPS) is 15.1. The summed E-state index contributed by atoms with van der Waals surface area (Å²) in [7, 11) is -3.63. The molecule has 3 N–H and O–H groups in total. The summed E-state index contributed by atoms with van der Waals surface area (Å²) >= 11 is 0. The molecular formula is C21H23F3NO7P. The number of rotatable bonds is 9. The predicted molar refractivity (Wildman–Crippen MR) is 111 cm³/mol. The molecular weight excluding hydrogens is 466 g/mol. The number of methoxy groups -OCH3 is 1. The average molecular weight is 489 g/mol. The Kier molecular flexibility index (Phi) is 9.04. The maximum Gasteiger partial charge on any atom is 0.416 e. The molecule has 0 spiro atoms. The van der Waals surface area contributed by atoms with Gasteiger partial charge in [0.1, 0.15) is 12.6 Å². The van der Waals surface area contributed by atoms with E-state index in [-0.39, 0.29) is 6.61 Å². The van der Waals surface area contributed by atoms with Crippen LogP contribution in [0, 0.1) is 0 Å². The van der Waals surface area contributed by atoms with Gasteiger partial charge in [0.05, 0.1) is 12.7 Å². The molecule has 8 nitrogen and oxygen atoms in total. The summed E-state index contributed by atoms with van der Waals surface area (Å²) in [5.74, 6) is -3.31. The highest BCUT2D eigenvalue weighted by Crippen LogP contribution is 2.56. The molecule has 33 heavy (non-hydrogen) atoms. The molecule has 180 valence electrons. The standard InChI is InChI=1S/C21H23F3NO7P/c1-31-18(26)17(25-20(28)32-13-14-7-3-2-4-8-14)11-12-33(29,30)19(27)15-9-5-6-10-16(15)21(22,23)24/h2-10,17,19,27H,11-13H2,1H3,(H,25,28)(H,29,30)/t17-,19?/m0/s1. The van der Waals surface area contributed by atoms with E-state index >= 15 is 0 Å². The van der Waals surface area contributed by atoms with E-state index in [0.717, 1.165) is 19.2 Å². The summed E-state index contributed by atoms with van der Waals surface area (Å²) in [4.78, 5) is 34.3. The van der Waals surface area contributed by atoms with Crippen LogP contribution in [0.25, 0.3) is 0 Å². The number of esters is 1. The first kappa shape index (κ1) is 26.4. The highest BCUT2D eigenvalue weighted by Gasteiger charge is 2.40. The van der Waals surface area contributed by atoms with E-state index in [1.54, 1.807) is 30.3 Å². The summed E-state index contributed by atoms with van der Waals surface area (Å²) < 4.78 is 61.8. The molecule has 3 atom stereocenters. The lowest BCUT2D eigenvalue weighted by Gasteiger charge is -2.23. The van der Waals surface area contributed by atoms with E-state index in [9.17, 15) is 37.3 Å². The van der Waals surface area contributed by atoms with Crippen molar-refractivity contribution in [3.63, 3.8) is 0 Å². The Morgan fingerprint density at radius 1 is 1.09 bits per heavy atom. The van der Waals surface area contributed by atoms with E-state index in [1.807, 2.05) is 0 Å². The number of carbonyl (C=O) groups is 2. The van der Waals surface area contributed by atoms with Gasteiger partial charge in [-0.1, -0.05) is 48.5 Å². The second-order valence-electron chi connectivity index (χ2n) is 7.01. The lowest BCUT2D eigenvalue weighted by molar-refractivity contribution is -0.143. The minimum absolute atomic E-state index is 0.105. The van der Waals surface area contributed by atoms with E-state index in [0.29, 0.717) is 11.6 Å². The molecule has 0 aliphatic rings. The highest BCUT2D eigenvalue weighted by atomic mass is 31.2. The van der Waals surface area contributed by atoms with Gasteiger partial charge in [0.2, 0.25) is 7.37 Å². The zero-order chi connectivity index (χ0) is 24.6. The fourth-order valence-electron chi connectivity index (χ4n) is 2.93. The highest BCUT2D eigenvalue weighted by molar-refractivity contribution is 7.58. The van der Waals surface area contributed by atoms with Crippen LogP contribution < -0.4 is 5.32 Å². The molecule has 0 aliphatic carbocycles. The molecule has 0 aliphatic heterocycles. The van der Waals surface area contributed by atoms with Crippen molar-refractivity contribution in [1.82, 2.24) is 5.32 Å².